The SMILES string of the molecule is Cc1ccc(S(=O)(=O)Oc2cc(N)nc(SCCN)n2)cc1. The Bertz CT molecular complexity index is 748. The van der Waals surface area contributed by atoms with E-state index < -0.39 is 10.1 Å². The number of rotatable bonds is 6. The average Bonchev–Trinajstić information content (AvgIpc) is 2.44. The first-order valence-electron chi connectivity index (χ1n) is 6.39. The standard InChI is InChI=1S/C13H16N4O3S2/c1-9-2-4-10(5-3-9)22(18,19)20-12-8-11(15)16-13(17-12)21-7-6-14/h2-5,8H,6-7,14H2,1H3,(H2,15,16,17). The van der Waals surface area contributed by atoms with Crippen molar-refractivity contribution in [1.29, 1.82) is 0 Å². The lowest BCUT2D eigenvalue weighted by molar-refractivity contribution is 0.472. The molecule has 0 aliphatic rings. The zero-order valence-corrected chi connectivity index (χ0v) is 13.5. The molecule has 0 atom stereocenters. The molecule has 0 unspecified atom stereocenters. The lowest BCUT2D eigenvalue weighted by Crippen LogP contribution is -2.12. The Labute approximate surface area is 133 Å². The van der Waals surface area contributed by atoms with Crippen LogP contribution in [0.2, 0.25) is 0 Å². The summed E-state index contributed by atoms with van der Waals surface area (Å²) in [6.45, 7) is 2.31. The normalized spacial score (nSPS) is 11.4. The molecule has 2 aromatic rings. The van der Waals surface area contributed by atoms with E-state index in [-0.39, 0.29) is 16.6 Å². The van der Waals surface area contributed by atoms with Crippen LogP contribution in [0.15, 0.2) is 40.4 Å². The average molecular weight is 340 g/mol. The smallest absolute Gasteiger partial charge is 0.340 e. The van der Waals surface area contributed by atoms with Crippen molar-refractivity contribution in [3.63, 3.8) is 0 Å². The highest BCUT2D eigenvalue weighted by molar-refractivity contribution is 7.99. The molecule has 1 aromatic carbocycles. The molecule has 1 heterocycles. The van der Waals surface area contributed by atoms with E-state index in [1.165, 1.54) is 30.0 Å². The first kappa shape index (κ1) is 16.5. The number of hydrogen-bond acceptors (Lipinski definition) is 8. The maximum Gasteiger partial charge on any atom is 0.340 e. The quantitative estimate of drug-likeness (QED) is 0.457. The molecule has 2 rings (SSSR count). The van der Waals surface area contributed by atoms with Gasteiger partial charge in [-0.1, -0.05) is 29.5 Å². The van der Waals surface area contributed by atoms with E-state index in [1.54, 1.807) is 12.1 Å². The zero-order valence-electron chi connectivity index (χ0n) is 11.9. The summed E-state index contributed by atoms with van der Waals surface area (Å²) in [6.07, 6.45) is 0. The number of hydrogen-bond donors (Lipinski definition) is 2. The van der Waals surface area contributed by atoms with E-state index in [1.807, 2.05) is 6.92 Å². The fourth-order valence-electron chi connectivity index (χ4n) is 1.54. The molecule has 0 saturated carbocycles. The van der Waals surface area contributed by atoms with Crippen LogP contribution in [0, 0.1) is 6.92 Å². The third kappa shape index (κ3) is 4.33. The van der Waals surface area contributed by atoms with E-state index in [9.17, 15) is 8.42 Å². The third-order valence-electron chi connectivity index (χ3n) is 2.56. The van der Waals surface area contributed by atoms with E-state index >= 15 is 0 Å². The number of nitrogens with two attached hydrogens (primary N) is 2. The van der Waals surface area contributed by atoms with Gasteiger partial charge in [-0.15, -0.1) is 0 Å². The van der Waals surface area contributed by atoms with Crippen LogP contribution < -0.4 is 15.7 Å². The number of aryl methyl sites for hydroxylation is 1. The Balaban J connectivity index is 2.25. The van der Waals surface area contributed by atoms with Crippen molar-refractivity contribution in [2.75, 3.05) is 18.0 Å². The molecule has 0 fully saturated rings. The van der Waals surface area contributed by atoms with Gasteiger partial charge in [-0.3, -0.25) is 0 Å². The highest BCUT2D eigenvalue weighted by atomic mass is 32.2. The van der Waals surface area contributed by atoms with Crippen LogP contribution in [0.25, 0.3) is 0 Å². The third-order valence-corrected chi connectivity index (χ3v) is 4.68. The van der Waals surface area contributed by atoms with Crippen LogP contribution in [0.5, 0.6) is 5.88 Å². The predicted molar refractivity (Wildman–Crippen MR) is 85.2 cm³/mol. The van der Waals surface area contributed by atoms with Gasteiger partial charge in [0.2, 0.25) is 5.88 Å². The fourth-order valence-corrected chi connectivity index (χ4v) is 3.04. The Morgan fingerprint density at radius 3 is 2.55 bits per heavy atom. The number of thioether (sulfide) groups is 1. The second-order valence-electron chi connectivity index (χ2n) is 4.40. The molecule has 4 N–H and O–H groups in total. The highest BCUT2D eigenvalue weighted by Gasteiger charge is 2.18. The first-order valence-corrected chi connectivity index (χ1v) is 8.78. The largest absolute Gasteiger partial charge is 0.383 e. The van der Waals surface area contributed by atoms with Gasteiger partial charge < -0.3 is 15.7 Å². The van der Waals surface area contributed by atoms with Gasteiger partial charge in [0.05, 0.1) is 0 Å². The van der Waals surface area contributed by atoms with Crippen molar-refractivity contribution in [3.8, 4) is 5.88 Å². The van der Waals surface area contributed by atoms with Crippen LogP contribution in [-0.2, 0) is 10.1 Å². The Hall–Kier alpha value is -1.84. The minimum Gasteiger partial charge on any atom is -0.383 e. The van der Waals surface area contributed by atoms with Crippen LogP contribution in [-0.4, -0.2) is 30.7 Å². The summed E-state index contributed by atoms with van der Waals surface area (Å²) < 4.78 is 29.4. The van der Waals surface area contributed by atoms with Crippen molar-refractivity contribution < 1.29 is 12.6 Å². The minimum absolute atomic E-state index is 0.0476. The number of aromatic nitrogens is 2. The monoisotopic (exact) mass is 340 g/mol. The summed E-state index contributed by atoms with van der Waals surface area (Å²) in [6, 6.07) is 7.58. The number of nitrogen functional groups attached to an aromatic ring is 1. The lowest BCUT2D eigenvalue weighted by Gasteiger charge is -2.08. The topological polar surface area (TPSA) is 121 Å². The summed E-state index contributed by atoms with van der Waals surface area (Å²) in [5, 5.41) is 0.319. The molecule has 0 aliphatic heterocycles. The van der Waals surface area contributed by atoms with E-state index in [0.29, 0.717) is 17.5 Å². The van der Waals surface area contributed by atoms with Crippen molar-refractivity contribution in [3.05, 3.63) is 35.9 Å². The van der Waals surface area contributed by atoms with Gasteiger partial charge in [-0.05, 0) is 19.1 Å². The predicted octanol–water partition coefficient (Wildman–Crippen LogP) is 1.19. The molecular formula is C13H16N4O3S2. The molecule has 0 spiro atoms. The van der Waals surface area contributed by atoms with Gasteiger partial charge in [0.1, 0.15) is 10.7 Å². The first-order chi connectivity index (χ1) is 10.4. The fraction of sp³-hybridized carbons (Fsp3) is 0.231. The van der Waals surface area contributed by atoms with E-state index in [2.05, 4.69) is 9.97 Å². The lowest BCUT2D eigenvalue weighted by atomic mass is 10.2. The molecule has 1 aromatic heterocycles. The summed E-state index contributed by atoms with van der Waals surface area (Å²) in [5.74, 6) is 0.601. The van der Waals surface area contributed by atoms with Gasteiger partial charge in [0, 0.05) is 18.4 Å². The molecule has 9 heteroatoms. The van der Waals surface area contributed by atoms with Gasteiger partial charge in [-0.25, -0.2) is 4.98 Å². The van der Waals surface area contributed by atoms with E-state index in [0.717, 1.165) is 5.56 Å². The van der Waals surface area contributed by atoms with Gasteiger partial charge in [0.25, 0.3) is 0 Å². The molecule has 0 amide bonds. The summed E-state index contributed by atoms with van der Waals surface area (Å²) >= 11 is 1.27. The maximum absolute atomic E-state index is 12.2. The molecule has 0 bridgehead atoms. The van der Waals surface area contributed by atoms with Crippen molar-refractivity contribution in [1.82, 2.24) is 9.97 Å². The van der Waals surface area contributed by atoms with Gasteiger partial charge in [0.15, 0.2) is 5.16 Å². The maximum atomic E-state index is 12.2. The Morgan fingerprint density at radius 1 is 1.23 bits per heavy atom. The molecular weight excluding hydrogens is 324 g/mol. The molecule has 0 saturated heterocycles. The number of benzene rings is 1. The second-order valence-corrected chi connectivity index (χ2v) is 7.01. The Kier molecular flexibility index (Phi) is 5.22. The summed E-state index contributed by atoms with van der Waals surface area (Å²) in [5.41, 5.74) is 12.0. The Morgan fingerprint density at radius 2 is 1.91 bits per heavy atom. The van der Waals surface area contributed by atoms with Crippen molar-refractivity contribution in [2.45, 2.75) is 17.0 Å². The molecule has 22 heavy (non-hydrogen) atoms. The second kappa shape index (κ2) is 6.95. The van der Waals surface area contributed by atoms with Crippen LogP contribution in [0.4, 0.5) is 5.82 Å². The zero-order chi connectivity index (χ0) is 16.2. The number of anilines is 1. The summed E-state index contributed by atoms with van der Waals surface area (Å²) in [7, 11) is -3.96. The van der Waals surface area contributed by atoms with Crippen molar-refractivity contribution in [2.24, 2.45) is 5.73 Å². The van der Waals surface area contributed by atoms with Crippen molar-refractivity contribution >= 4 is 27.7 Å². The molecule has 7 nitrogen and oxygen atoms in total. The van der Waals surface area contributed by atoms with Crippen LogP contribution in [0.1, 0.15) is 5.56 Å². The molecule has 118 valence electrons. The molecule has 0 radical (unpaired) electrons. The highest BCUT2D eigenvalue weighted by Crippen LogP contribution is 2.22. The number of nitrogens with zero attached hydrogens (tertiary/aromatic N) is 2. The van der Waals surface area contributed by atoms with Gasteiger partial charge in [-0.2, -0.15) is 13.4 Å². The van der Waals surface area contributed by atoms with Crippen LogP contribution >= 0.6 is 11.8 Å². The van der Waals surface area contributed by atoms with Gasteiger partial charge >= 0.3 is 10.1 Å². The summed E-state index contributed by atoms with van der Waals surface area (Å²) in [4.78, 5) is 8.05. The minimum atomic E-state index is -3.96. The van der Waals surface area contributed by atoms with Crippen LogP contribution in [0.3, 0.4) is 0 Å². The molecule has 0 aliphatic carbocycles. The van der Waals surface area contributed by atoms with E-state index in [4.69, 9.17) is 15.7 Å².